The lowest BCUT2D eigenvalue weighted by Crippen LogP contribution is -2.29. The monoisotopic (exact) mass is 299 g/mol. The molecule has 0 saturated carbocycles. The molecule has 0 aliphatic heterocycles. The second-order valence-corrected chi connectivity index (χ2v) is 4.95. The van der Waals surface area contributed by atoms with Gasteiger partial charge in [0.1, 0.15) is 5.69 Å². The zero-order chi connectivity index (χ0) is 15.3. The zero-order valence-electron chi connectivity index (χ0n) is 11.5. The Hall–Kier alpha value is -1.82. The van der Waals surface area contributed by atoms with Crippen LogP contribution >= 0.6 is 11.6 Å². The predicted molar refractivity (Wildman–Crippen MR) is 78.9 cm³/mol. The van der Waals surface area contributed by atoms with Crippen molar-refractivity contribution >= 4 is 28.9 Å². The summed E-state index contributed by atoms with van der Waals surface area (Å²) in [7, 11) is 0. The van der Waals surface area contributed by atoms with E-state index in [1.54, 1.807) is 0 Å². The Balaban J connectivity index is 2.91. The van der Waals surface area contributed by atoms with Gasteiger partial charge in [0.15, 0.2) is 0 Å². The van der Waals surface area contributed by atoms with E-state index in [0.717, 1.165) is 18.9 Å². The molecule has 3 N–H and O–H groups in total. The quantitative estimate of drug-likeness (QED) is 0.479. The average Bonchev–Trinajstić information content (AvgIpc) is 2.42. The van der Waals surface area contributed by atoms with E-state index in [1.807, 2.05) is 13.8 Å². The predicted octanol–water partition coefficient (Wildman–Crippen LogP) is 3.00. The third kappa shape index (κ3) is 3.84. The molecule has 0 aliphatic carbocycles. The van der Waals surface area contributed by atoms with Crippen molar-refractivity contribution in [1.82, 2.24) is 5.32 Å². The lowest BCUT2D eigenvalue weighted by Gasteiger charge is -2.13. The molecule has 0 spiro atoms. The first-order chi connectivity index (χ1) is 9.40. The maximum atomic E-state index is 12.0. The number of amides is 1. The summed E-state index contributed by atoms with van der Waals surface area (Å²) in [6.45, 7) is 4.62. The van der Waals surface area contributed by atoms with Crippen LogP contribution in [0.5, 0.6) is 0 Å². The number of nitrogens with one attached hydrogen (secondary N) is 1. The Kier molecular flexibility index (Phi) is 5.76. The van der Waals surface area contributed by atoms with Gasteiger partial charge in [-0.15, -0.1) is 0 Å². The average molecular weight is 300 g/mol. The van der Waals surface area contributed by atoms with Gasteiger partial charge in [0.2, 0.25) is 0 Å². The van der Waals surface area contributed by atoms with Crippen LogP contribution in [0.25, 0.3) is 0 Å². The minimum Gasteiger partial charge on any atom is -0.392 e. The molecule has 1 amide bonds. The first-order valence-corrected chi connectivity index (χ1v) is 6.80. The molecule has 0 atom stereocenters. The minimum absolute atomic E-state index is 0.00637. The Bertz CT molecular complexity index is 516. The van der Waals surface area contributed by atoms with Crippen molar-refractivity contribution in [3.8, 4) is 0 Å². The van der Waals surface area contributed by atoms with Gasteiger partial charge in [-0.05, 0) is 12.0 Å². The lowest BCUT2D eigenvalue weighted by atomic mass is 10.0. The van der Waals surface area contributed by atoms with Crippen molar-refractivity contribution in [3.05, 3.63) is 32.8 Å². The summed E-state index contributed by atoms with van der Waals surface area (Å²) >= 11 is 5.81. The topological polar surface area (TPSA) is 98.3 Å². The van der Waals surface area contributed by atoms with Crippen LogP contribution < -0.4 is 11.1 Å². The fourth-order valence-corrected chi connectivity index (χ4v) is 2.02. The van der Waals surface area contributed by atoms with Crippen LogP contribution in [0.2, 0.25) is 5.02 Å². The third-order valence-corrected chi connectivity index (χ3v) is 3.59. The third-order valence-electron chi connectivity index (χ3n) is 3.27. The molecular weight excluding hydrogens is 282 g/mol. The smallest absolute Gasteiger partial charge is 0.294 e. The Labute approximate surface area is 122 Å². The molecule has 110 valence electrons. The van der Waals surface area contributed by atoms with Crippen molar-refractivity contribution in [2.45, 2.75) is 26.7 Å². The van der Waals surface area contributed by atoms with Crippen molar-refractivity contribution in [2.75, 3.05) is 12.3 Å². The van der Waals surface area contributed by atoms with Crippen LogP contribution in [0.1, 0.15) is 37.0 Å². The number of benzene rings is 1. The molecule has 7 heteroatoms. The summed E-state index contributed by atoms with van der Waals surface area (Å²) in [4.78, 5) is 22.2. The Morgan fingerprint density at radius 3 is 2.55 bits per heavy atom. The molecule has 0 unspecified atom stereocenters. The Morgan fingerprint density at radius 1 is 1.45 bits per heavy atom. The van der Waals surface area contributed by atoms with Crippen molar-refractivity contribution in [1.29, 1.82) is 0 Å². The van der Waals surface area contributed by atoms with E-state index in [1.165, 1.54) is 6.07 Å². The summed E-state index contributed by atoms with van der Waals surface area (Å²) in [5.41, 5.74) is 5.17. The van der Waals surface area contributed by atoms with Gasteiger partial charge in [0, 0.05) is 18.2 Å². The van der Waals surface area contributed by atoms with Crippen LogP contribution in [-0.2, 0) is 0 Å². The van der Waals surface area contributed by atoms with Gasteiger partial charge in [-0.2, -0.15) is 0 Å². The molecule has 1 aromatic carbocycles. The highest BCUT2D eigenvalue weighted by molar-refractivity contribution is 6.34. The van der Waals surface area contributed by atoms with E-state index in [0.29, 0.717) is 12.5 Å². The standard InChI is InChI=1S/C13H18ClN3O3/c1-3-8(4-2)7-16-13(18)9-5-10(14)12(15)11(6-9)17(19)20/h5-6,8H,3-4,7,15H2,1-2H3,(H,16,18). The number of carbonyl (C=O) groups excluding carboxylic acids is 1. The minimum atomic E-state index is -0.654. The number of hydrogen-bond acceptors (Lipinski definition) is 4. The van der Waals surface area contributed by atoms with Gasteiger partial charge >= 0.3 is 0 Å². The van der Waals surface area contributed by atoms with Crippen LogP contribution in [0.4, 0.5) is 11.4 Å². The molecule has 0 bridgehead atoms. The van der Waals surface area contributed by atoms with Gasteiger partial charge < -0.3 is 11.1 Å². The Morgan fingerprint density at radius 2 is 2.05 bits per heavy atom. The van der Waals surface area contributed by atoms with Gasteiger partial charge in [0.05, 0.1) is 9.95 Å². The molecule has 6 nitrogen and oxygen atoms in total. The molecule has 0 saturated heterocycles. The second kappa shape index (κ2) is 7.09. The van der Waals surface area contributed by atoms with Crippen LogP contribution in [0.3, 0.4) is 0 Å². The molecule has 1 rings (SSSR count). The fraction of sp³-hybridized carbons (Fsp3) is 0.462. The molecular formula is C13H18ClN3O3. The lowest BCUT2D eigenvalue weighted by molar-refractivity contribution is -0.383. The van der Waals surface area contributed by atoms with Gasteiger partial charge in [0.25, 0.3) is 11.6 Å². The maximum absolute atomic E-state index is 12.0. The normalized spacial score (nSPS) is 10.6. The highest BCUT2D eigenvalue weighted by Crippen LogP contribution is 2.30. The largest absolute Gasteiger partial charge is 0.392 e. The number of nitrogens with two attached hydrogens (primary N) is 1. The van der Waals surface area contributed by atoms with Gasteiger partial charge in [-0.1, -0.05) is 38.3 Å². The zero-order valence-corrected chi connectivity index (χ0v) is 12.2. The highest BCUT2D eigenvalue weighted by Gasteiger charge is 2.19. The SMILES string of the molecule is CCC(CC)CNC(=O)c1cc(Cl)c(N)c([N+](=O)[O-])c1. The first kappa shape index (κ1) is 16.2. The summed E-state index contributed by atoms with van der Waals surface area (Å²) in [6, 6.07) is 2.48. The molecule has 0 radical (unpaired) electrons. The fourth-order valence-electron chi connectivity index (χ4n) is 1.80. The van der Waals surface area contributed by atoms with E-state index < -0.39 is 4.92 Å². The van der Waals surface area contributed by atoms with Crippen molar-refractivity contribution < 1.29 is 9.72 Å². The number of nitrogens with zero attached hydrogens (tertiary/aromatic N) is 1. The molecule has 0 aliphatic rings. The number of nitrogen functional groups attached to an aromatic ring is 1. The number of nitro benzene ring substituents is 1. The number of rotatable bonds is 6. The number of nitro groups is 1. The number of hydrogen-bond donors (Lipinski definition) is 2. The van der Waals surface area contributed by atoms with Crippen LogP contribution in [-0.4, -0.2) is 17.4 Å². The first-order valence-electron chi connectivity index (χ1n) is 6.42. The molecule has 0 fully saturated rings. The summed E-state index contributed by atoms with van der Waals surface area (Å²) in [5.74, 6) is 0.0000828. The molecule has 0 heterocycles. The molecule has 20 heavy (non-hydrogen) atoms. The van der Waals surface area contributed by atoms with E-state index in [4.69, 9.17) is 17.3 Å². The summed E-state index contributed by atoms with van der Waals surface area (Å²) in [5, 5.41) is 13.6. The van der Waals surface area contributed by atoms with Gasteiger partial charge in [-0.3, -0.25) is 14.9 Å². The number of carbonyl (C=O) groups is 1. The number of halogens is 1. The summed E-state index contributed by atoms with van der Waals surface area (Å²) < 4.78 is 0. The molecule has 1 aromatic rings. The summed E-state index contributed by atoms with van der Waals surface area (Å²) in [6.07, 6.45) is 1.92. The van der Waals surface area contributed by atoms with Gasteiger partial charge in [-0.25, -0.2) is 0 Å². The highest BCUT2D eigenvalue weighted by atomic mass is 35.5. The van der Waals surface area contributed by atoms with Crippen molar-refractivity contribution in [3.63, 3.8) is 0 Å². The number of anilines is 1. The second-order valence-electron chi connectivity index (χ2n) is 4.54. The maximum Gasteiger partial charge on any atom is 0.294 e. The van der Waals surface area contributed by atoms with Crippen LogP contribution in [0, 0.1) is 16.0 Å². The van der Waals surface area contributed by atoms with Crippen LogP contribution in [0.15, 0.2) is 12.1 Å². The van der Waals surface area contributed by atoms with E-state index in [-0.39, 0.29) is 27.9 Å². The van der Waals surface area contributed by atoms with Crippen molar-refractivity contribution in [2.24, 2.45) is 5.92 Å². The van der Waals surface area contributed by atoms with E-state index in [2.05, 4.69) is 5.32 Å². The molecule has 0 aromatic heterocycles. The van der Waals surface area contributed by atoms with E-state index in [9.17, 15) is 14.9 Å². The van der Waals surface area contributed by atoms with E-state index >= 15 is 0 Å².